The molecule has 5 rings (SSSR count). The highest BCUT2D eigenvalue weighted by Gasteiger charge is 2.58. The van der Waals surface area contributed by atoms with E-state index in [2.05, 4.69) is 35.3 Å². The average Bonchev–Trinajstić information content (AvgIpc) is 3.09. The molecule has 2 N–H and O–H groups in total. The molecule has 23 heavy (non-hydrogen) atoms. The van der Waals surface area contributed by atoms with Gasteiger partial charge in [-0.15, -0.1) is 0 Å². The average molecular weight is 313 g/mol. The summed E-state index contributed by atoms with van der Waals surface area (Å²) in [6, 6.07) is 0. The monoisotopic (exact) mass is 313 g/mol. The lowest BCUT2D eigenvalue weighted by molar-refractivity contribution is -0.0174. The number of H-pyrrole nitrogens is 1. The first-order valence-corrected chi connectivity index (χ1v) is 9.30. The molecule has 1 aromatic heterocycles. The zero-order chi connectivity index (χ0) is 15.8. The molecule has 0 saturated heterocycles. The number of fused-ring (bicyclic) bond motifs is 7. The summed E-state index contributed by atoms with van der Waals surface area (Å²) in [4.78, 5) is 0. The smallest absolute Gasteiger partial charge is 0.0918 e. The van der Waals surface area contributed by atoms with E-state index in [9.17, 15) is 5.11 Å². The number of hydrogen-bond donors (Lipinski definition) is 2. The van der Waals surface area contributed by atoms with Crippen LogP contribution < -0.4 is 0 Å². The molecule has 2 fully saturated rings. The molecule has 4 aliphatic carbocycles. The van der Waals surface area contributed by atoms with Gasteiger partial charge in [0.05, 0.1) is 17.5 Å². The van der Waals surface area contributed by atoms with Gasteiger partial charge in [-0.25, -0.2) is 0 Å². The number of hydrogen-bond acceptors (Lipinski definition) is 3. The molecule has 0 bridgehead atoms. The number of aliphatic hydroxyl groups excluding tert-OH is 1. The molecule has 124 valence electrons. The Labute approximate surface area is 137 Å². The summed E-state index contributed by atoms with van der Waals surface area (Å²) < 4.78 is 0. The third kappa shape index (κ3) is 1.71. The first-order chi connectivity index (χ1) is 11.0. The maximum atomic E-state index is 10.1. The molecule has 4 heteroatoms. The lowest BCUT2D eigenvalue weighted by Crippen LogP contribution is -2.51. The van der Waals surface area contributed by atoms with E-state index in [0.717, 1.165) is 37.5 Å². The Morgan fingerprint density at radius 3 is 2.78 bits per heavy atom. The Kier molecular flexibility index (Phi) is 2.76. The van der Waals surface area contributed by atoms with Gasteiger partial charge in [0.2, 0.25) is 0 Å². The van der Waals surface area contributed by atoms with Crippen molar-refractivity contribution < 1.29 is 5.11 Å². The van der Waals surface area contributed by atoms with Gasteiger partial charge in [0, 0.05) is 5.41 Å². The minimum Gasteiger partial charge on any atom is -0.393 e. The Balaban J connectivity index is 1.53. The molecule has 0 spiro atoms. The number of aliphatic hydroxyl groups is 1. The first kappa shape index (κ1) is 14.2. The highest BCUT2D eigenvalue weighted by atomic mass is 16.3. The summed E-state index contributed by atoms with van der Waals surface area (Å²) in [5.74, 6) is 2.23. The van der Waals surface area contributed by atoms with Crippen molar-refractivity contribution >= 4 is 0 Å². The topological polar surface area (TPSA) is 61.8 Å². The van der Waals surface area contributed by atoms with Gasteiger partial charge in [-0.2, -0.15) is 15.4 Å². The van der Waals surface area contributed by atoms with E-state index in [1.807, 2.05) is 0 Å². The number of aromatic amines is 1. The molecule has 0 aromatic carbocycles. The van der Waals surface area contributed by atoms with Gasteiger partial charge in [0.1, 0.15) is 0 Å². The Hall–Kier alpha value is -1.16. The van der Waals surface area contributed by atoms with Crippen molar-refractivity contribution in [3.05, 3.63) is 23.0 Å². The van der Waals surface area contributed by atoms with Crippen molar-refractivity contribution in [3.8, 4) is 0 Å². The van der Waals surface area contributed by atoms with Crippen LogP contribution in [0.4, 0.5) is 0 Å². The summed E-state index contributed by atoms with van der Waals surface area (Å²) >= 11 is 0. The zero-order valence-electron chi connectivity index (χ0n) is 14.2. The maximum absolute atomic E-state index is 10.1. The molecule has 0 unspecified atom stereocenters. The van der Waals surface area contributed by atoms with E-state index in [0.29, 0.717) is 11.3 Å². The molecule has 2 saturated carbocycles. The van der Waals surface area contributed by atoms with E-state index >= 15 is 0 Å². The lowest BCUT2D eigenvalue weighted by Gasteiger charge is -2.57. The fraction of sp³-hybridized carbons (Fsp3) is 0.789. The van der Waals surface area contributed by atoms with Crippen LogP contribution in [0.2, 0.25) is 0 Å². The minimum atomic E-state index is -0.111. The number of allylic oxidation sites excluding steroid dienone is 1. The van der Waals surface area contributed by atoms with Gasteiger partial charge in [-0.05, 0) is 68.1 Å². The van der Waals surface area contributed by atoms with Crippen LogP contribution in [-0.2, 0) is 11.8 Å². The molecule has 1 aromatic rings. The number of nitrogens with one attached hydrogen (secondary N) is 1. The SMILES string of the molecule is C[C@]12CC[C@H](O)CC1=CC[C@@H]1[C@@H]2CC[C@]2(C)c3n[nH]nc3C[C@@H]12. The molecular formula is C19H27N3O. The summed E-state index contributed by atoms with van der Waals surface area (Å²) in [7, 11) is 0. The largest absolute Gasteiger partial charge is 0.393 e. The second-order valence-corrected chi connectivity index (χ2v) is 8.94. The van der Waals surface area contributed by atoms with Crippen molar-refractivity contribution in [2.45, 2.75) is 70.3 Å². The fourth-order valence-corrected chi connectivity index (χ4v) is 6.69. The molecule has 0 amide bonds. The number of nitrogens with zero attached hydrogens (tertiary/aromatic N) is 2. The van der Waals surface area contributed by atoms with Crippen LogP contribution in [0.3, 0.4) is 0 Å². The summed E-state index contributed by atoms with van der Waals surface area (Å²) in [5.41, 5.74) is 4.57. The van der Waals surface area contributed by atoms with Crippen molar-refractivity contribution in [1.29, 1.82) is 0 Å². The van der Waals surface area contributed by atoms with E-state index in [1.54, 1.807) is 5.57 Å². The van der Waals surface area contributed by atoms with E-state index in [-0.39, 0.29) is 11.5 Å². The van der Waals surface area contributed by atoms with E-state index in [4.69, 9.17) is 0 Å². The van der Waals surface area contributed by atoms with Crippen LogP contribution in [0.5, 0.6) is 0 Å². The van der Waals surface area contributed by atoms with Crippen molar-refractivity contribution in [3.63, 3.8) is 0 Å². The van der Waals surface area contributed by atoms with Gasteiger partial charge in [0.25, 0.3) is 0 Å². The molecule has 0 aliphatic heterocycles. The highest BCUT2D eigenvalue weighted by Crippen LogP contribution is 2.63. The quantitative estimate of drug-likeness (QED) is 0.723. The van der Waals surface area contributed by atoms with Crippen LogP contribution in [0.15, 0.2) is 11.6 Å². The van der Waals surface area contributed by atoms with Crippen LogP contribution in [0.1, 0.15) is 63.8 Å². The minimum absolute atomic E-state index is 0.111. The molecule has 4 nitrogen and oxygen atoms in total. The zero-order valence-corrected chi connectivity index (χ0v) is 14.2. The van der Waals surface area contributed by atoms with Crippen molar-refractivity contribution in [2.24, 2.45) is 23.2 Å². The van der Waals surface area contributed by atoms with Gasteiger partial charge in [0.15, 0.2) is 0 Å². The van der Waals surface area contributed by atoms with Gasteiger partial charge in [-0.1, -0.05) is 25.5 Å². The second kappa shape index (κ2) is 4.47. The lowest BCUT2D eigenvalue weighted by atomic mass is 9.48. The summed E-state index contributed by atoms with van der Waals surface area (Å²) in [6.07, 6.45) is 10.3. The predicted octanol–water partition coefficient (Wildman–Crippen LogP) is 3.14. The Morgan fingerprint density at radius 1 is 1.09 bits per heavy atom. The third-order valence-electron chi connectivity index (χ3n) is 8.04. The number of aromatic nitrogens is 3. The Morgan fingerprint density at radius 2 is 1.91 bits per heavy atom. The summed E-state index contributed by atoms with van der Waals surface area (Å²) in [5, 5.41) is 21.9. The van der Waals surface area contributed by atoms with Crippen LogP contribution in [-0.4, -0.2) is 26.6 Å². The molecular weight excluding hydrogens is 286 g/mol. The van der Waals surface area contributed by atoms with E-state index in [1.165, 1.54) is 30.7 Å². The first-order valence-electron chi connectivity index (χ1n) is 9.30. The number of rotatable bonds is 0. The standard InChI is InChI=1S/C19H27N3O/c1-18-7-5-12(23)9-11(18)3-4-13-14(18)6-8-19(2)15(13)10-16-17(19)21-22-20-16/h3,12-15,23H,4-10H2,1-2H3,(H,20,21,22)/t12-,13+,14-,15-,18-,19-/m0/s1. The van der Waals surface area contributed by atoms with Crippen molar-refractivity contribution in [2.75, 3.05) is 0 Å². The molecule has 0 radical (unpaired) electrons. The normalized spacial score (nSPS) is 48.0. The molecule has 1 heterocycles. The molecule has 4 aliphatic rings. The Bertz CT molecular complexity index is 680. The van der Waals surface area contributed by atoms with Crippen molar-refractivity contribution in [1.82, 2.24) is 15.4 Å². The summed E-state index contributed by atoms with van der Waals surface area (Å²) in [6.45, 7) is 4.91. The predicted molar refractivity (Wildman–Crippen MR) is 87.8 cm³/mol. The molecule has 6 atom stereocenters. The van der Waals surface area contributed by atoms with E-state index < -0.39 is 0 Å². The van der Waals surface area contributed by atoms with Crippen LogP contribution >= 0.6 is 0 Å². The van der Waals surface area contributed by atoms with Gasteiger partial charge < -0.3 is 5.11 Å². The van der Waals surface area contributed by atoms with Gasteiger partial charge in [-0.3, -0.25) is 0 Å². The van der Waals surface area contributed by atoms with Gasteiger partial charge >= 0.3 is 0 Å². The third-order valence-corrected chi connectivity index (χ3v) is 8.04. The van der Waals surface area contributed by atoms with Crippen LogP contribution in [0, 0.1) is 23.2 Å². The fourth-order valence-electron chi connectivity index (χ4n) is 6.69. The second-order valence-electron chi connectivity index (χ2n) is 8.94. The van der Waals surface area contributed by atoms with Crippen LogP contribution in [0.25, 0.3) is 0 Å². The maximum Gasteiger partial charge on any atom is 0.0918 e. The highest BCUT2D eigenvalue weighted by molar-refractivity contribution is 5.34.